The van der Waals surface area contributed by atoms with E-state index in [1.54, 1.807) is 0 Å². The van der Waals surface area contributed by atoms with Gasteiger partial charge in [0.2, 0.25) is 0 Å². The molecule has 0 N–H and O–H groups in total. The van der Waals surface area contributed by atoms with Crippen LogP contribution in [0.4, 0.5) is 0 Å². The van der Waals surface area contributed by atoms with Crippen molar-refractivity contribution in [3.05, 3.63) is 27.7 Å². The summed E-state index contributed by atoms with van der Waals surface area (Å²) >= 11 is 0. The SMILES string of the molecule is [CH2-]C(OC([CH2-])P(CC)CC)P(CC)CC.[CH2-]C(OC([CH2-])P(CC)CC)P(CC)CC.[Cl-].[Cl-].[Cl-].[Cl-].[Cl-].[Cl-].[Cl-].[Cl-].[Cl-].[Cl-].[Cl-].[Cl-].[Cl-].[Cl-].[Cl-].[Cl-].[Cl-].[Cl-].[Cl-].[Cl-].[Tc+6].[Tc+6].[Tc+6].[Tc+6]. The topological polar surface area (TPSA) is 18.5 Å². The maximum absolute atomic E-state index is 5.97. The van der Waals surface area contributed by atoms with E-state index in [2.05, 4.69) is 83.1 Å². The van der Waals surface area contributed by atoms with Gasteiger partial charge in [-0.05, 0) is 72.7 Å². The third-order valence-electron chi connectivity index (χ3n) is 5.51. The monoisotopic (exact) mass is 1580 g/mol. The quantitative estimate of drug-likeness (QED) is 0.113. The van der Waals surface area contributed by atoms with Crippen molar-refractivity contribution in [1.82, 2.24) is 0 Å². The number of hydrogen-bond donors (Lipinski definition) is 0. The van der Waals surface area contributed by atoms with Crippen LogP contribution in [0.5, 0.6) is 0 Å². The van der Waals surface area contributed by atoms with E-state index in [4.69, 9.17) is 9.47 Å². The summed E-state index contributed by atoms with van der Waals surface area (Å²) in [6.45, 7) is 34.5. The number of rotatable bonds is 16. The van der Waals surface area contributed by atoms with E-state index in [9.17, 15) is 0 Å². The smallest absolute Gasteiger partial charge is 1.00 e. The molecule has 0 aliphatic heterocycles. The Morgan fingerprint density at radius 2 is 0.333 bits per heavy atom. The van der Waals surface area contributed by atoms with Crippen LogP contribution in [0, 0.1) is 27.7 Å². The van der Waals surface area contributed by atoms with Gasteiger partial charge in [-0.25, -0.2) is 0 Å². The van der Waals surface area contributed by atoms with E-state index in [-0.39, 0.29) is 384 Å². The fourth-order valence-electron chi connectivity index (χ4n) is 3.23. The van der Waals surface area contributed by atoms with E-state index < -0.39 is 0 Å². The normalized spacial score (nSPS) is 8.89. The third kappa shape index (κ3) is 92.3. The molecule has 0 bridgehead atoms. The molecular formula is C24H52Cl20O2P4Tc4. The van der Waals surface area contributed by atoms with E-state index in [1.165, 1.54) is 49.3 Å². The van der Waals surface area contributed by atoms with Gasteiger partial charge in [0.25, 0.3) is 0 Å². The van der Waals surface area contributed by atoms with E-state index >= 15 is 0 Å². The van der Waals surface area contributed by atoms with Gasteiger partial charge in [-0.15, -0.1) is 31.7 Å². The van der Waals surface area contributed by atoms with Gasteiger partial charge in [0, 0.05) is 0 Å². The molecule has 54 heavy (non-hydrogen) atoms. The van der Waals surface area contributed by atoms with Crippen molar-refractivity contribution in [2.24, 2.45) is 0 Å². The molecule has 0 rings (SSSR count). The molecular weight excluding hydrogens is 1550 g/mol. The van der Waals surface area contributed by atoms with E-state index in [1.807, 2.05) is 0 Å². The molecule has 0 spiro atoms. The van der Waals surface area contributed by atoms with Gasteiger partial charge in [-0.2, -0.15) is 0 Å². The molecule has 4 radical (unpaired) electrons. The van der Waals surface area contributed by atoms with Gasteiger partial charge in [0.05, 0.1) is 0 Å². The zero-order chi connectivity index (χ0) is 23.7. The summed E-state index contributed by atoms with van der Waals surface area (Å²) in [6.07, 6.45) is 9.69. The molecule has 0 fully saturated rings. The minimum Gasteiger partial charge on any atom is -1.00 e. The molecule has 0 amide bonds. The Morgan fingerprint density at radius 3 is 0.389 bits per heavy atom. The van der Waals surface area contributed by atoms with Crippen LogP contribution in [0.2, 0.25) is 0 Å². The van der Waals surface area contributed by atoms with Gasteiger partial charge in [-0.1, -0.05) is 55.4 Å². The molecule has 0 saturated carbocycles. The standard InChI is InChI=1S/2C12H26OP2.20ClH.4Tc/c2*1-7-14(8-2)11(5)13-12(6)15(9-3)10-4;;;;;;;;;;;;;;;;;;;;;;;;/h2*11-12H,5-10H2,1-4H3;20*1H;;;;/q2*-2;;;;;;;;;;;;;;;;;;;;;4*+6/p-20. The Hall–Kier alpha value is 10.0. The predicted molar refractivity (Wildman–Crippen MR) is 151 cm³/mol. The Labute approximate surface area is 517 Å². The fraction of sp³-hybridized carbons (Fsp3) is 0.833. The summed E-state index contributed by atoms with van der Waals surface area (Å²) in [4.78, 5) is 0. The van der Waals surface area contributed by atoms with Crippen LogP contribution in [0.1, 0.15) is 55.4 Å². The first-order valence-corrected chi connectivity index (χ1v) is 18.9. The minimum atomic E-state index is -0.0477. The Bertz CT molecular complexity index is 360. The summed E-state index contributed by atoms with van der Waals surface area (Å²) in [5.74, 6) is 0.724. The minimum absolute atomic E-state index is 0. The Balaban J connectivity index is -0.00000000838. The molecule has 0 aromatic rings. The van der Waals surface area contributed by atoms with Crippen LogP contribution in [0.25, 0.3) is 0 Å². The van der Waals surface area contributed by atoms with Crippen LogP contribution < -0.4 is 248 Å². The van der Waals surface area contributed by atoms with Gasteiger partial charge in [-0.3, -0.25) is 0 Å². The van der Waals surface area contributed by atoms with Crippen molar-refractivity contribution in [2.75, 3.05) is 49.3 Å². The average molecular weight is 1600 g/mol. The van der Waals surface area contributed by atoms with Gasteiger partial charge in [0.1, 0.15) is 0 Å². The van der Waals surface area contributed by atoms with Crippen molar-refractivity contribution >= 4 is 31.7 Å². The fourth-order valence-corrected chi connectivity index (χ4v) is 9.75. The van der Waals surface area contributed by atoms with Gasteiger partial charge >= 0.3 is 80.4 Å². The number of halogens is 20. The summed E-state index contributed by atoms with van der Waals surface area (Å²) in [7, 11) is -0.191. The molecule has 4 atom stereocenters. The molecule has 0 heterocycles. The molecule has 4 unspecified atom stereocenters. The second kappa shape index (κ2) is 125. The number of ether oxygens (including phenoxy) is 2. The van der Waals surface area contributed by atoms with E-state index in [0.29, 0.717) is 0 Å². The Kier molecular flexibility index (Phi) is 407. The van der Waals surface area contributed by atoms with Crippen molar-refractivity contribution < 1.29 is 338 Å². The van der Waals surface area contributed by atoms with E-state index in [0.717, 1.165) is 0 Å². The molecule has 2 nitrogen and oxygen atoms in total. The second-order valence-corrected chi connectivity index (χ2v) is 19.0. The van der Waals surface area contributed by atoms with Crippen LogP contribution in [-0.2, 0) is 89.9 Å². The molecule has 348 valence electrons. The van der Waals surface area contributed by atoms with Gasteiger partial charge in [0.15, 0.2) is 0 Å². The van der Waals surface area contributed by atoms with Crippen LogP contribution in [-0.4, -0.2) is 72.7 Å². The molecule has 0 saturated heterocycles. The van der Waals surface area contributed by atoms with Gasteiger partial charge < -0.3 is 285 Å². The first-order chi connectivity index (χ1) is 14.2. The first kappa shape index (κ1) is 176. The van der Waals surface area contributed by atoms with Crippen molar-refractivity contribution in [3.8, 4) is 0 Å². The zero-order valence-corrected chi connectivity index (χ0v) is 56.6. The predicted octanol–water partition coefficient (Wildman–Crippen LogP) is -51.2. The second-order valence-electron chi connectivity index (χ2n) is 6.98. The largest absolute Gasteiger partial charge is 6.00 e. The number of hydrogen-bond acceptors (Lipinski definition) is 2. The maximum Gasteiger partial charge on any atom is 6.00 e. The molecule has 0 aromatic carbocycles. The first-order valence-electron chi connectivity index (χ1n) is 11.8. The van der Waals surface area contributed by atoms with Crippen LogP contribution >= 0.6 is 31.7 Å². The summed E-state index contributed by atoms with van der Waals surface area (Å²) in [6, 6.07) is 0. The summed E-state index contributed by atoms with van der Waals surface area (Å²) in [5, 5.41) is 0. The van der Waals surface area contributed by atoms with Crippen LogP contribution in [0.15, 0.2) is 0 Å². The van der Waals surface area contributed by atoms with Crippen molar-refractivity contribution in [3.63, 3.8) is 0 Å². The summed E-state index contributed by atoms with van der Waals surface area (Å²) in [5.41, 5.74) is 0. The van der Waals surface area contributed by atoms with Crippen molar-refractivity contribution in [1.29, 1.82) is 0 Å². The summed E-state index contributed by atoms with van der Waals surface area (Å²) < 4.78 is 11.9. The molecule has 30 heteroatoms. The zero-order valence-electron chi connectivity index (χ0n) is 30.5. The van der Waals surface area contributed by atoms with Crippen molar-refractivity contribution in [2.45, 2.75) is 78.8 Å². The van der Waals surface area contributed by atoms with Crippen LogP contribution in [0.3, 0.4) is 0 Å². The molecule has 0 aliphatic carbocycles. The Morgan fingerprint density at radius 1 is 0.259 bits per heavy atom. The molecule has 0 aromatic heterocycles. The average Bonchev–Trinajstić information content (AvgIpc) is 2.72. The maximum atomic E-state index is 5.97. The molecule has 0 aliphatic rings. The third-order valence-corrected chi connectivity index (χ3v) is 15.8.